The summed E-state index contributed by atoms with van der Waals surface area (Å²) in [5.41, 5.74) is 17.2. The second-order valence-electron chi connectivity index (χ2n) is 13.8. The summed E-state index contributed by atoms with van der Waals surface area (Å²) in [5, 5.41) is 2.54. The van der Waals surface area contributed by atoms with Gasteiger partial charge in [-0.2, -0.15) is 0 Å². The Morgan fingerprint density at radius 1 is 0.408 bits per heavy atom. The molecule has 2 heterocycles. The van der Waals surface area contributed by atoms with Gasteiger partial charge >= 0.3 is 0 Å². The van der Waals surface area contributed by atoms with Crippen LogP contribution in [0.15, 0.2) is 170 Å². The molecule has 0 saturated heterocycles. The number of hydrogen-bond acceptors (Lipinski definition) is 1. The van der Waals surface area contributed by atoms with Gasteiger partial charge in [0, 0.05) is 33.8 Å². The number of hydrogen-bond donors (Lipinski definition) is 0. The summed E-state index contributed by atoms with van der Waals surface area (Å²) in [4.78, 5) is 2.35. The molecule has 0 radical (unpaired) electrons. The predicted molar refractivity (Wildman–Crippen MR) is 207 cm³/mol. The van der Waals surface area contributed by atoms with Gasteiger partial charge in [0.2, 0.25) is 0 Å². The molecule has 8 aromatic rings. The van der Waals surface area contributed by atoms with E-state index in [0.717, 1.165) is 11.4 Å². The summed E-state index contributed by atoms with van der Waals surface area (Å²) in [6, 6.07) is 58.1. The van der Waals surface area contributed by atoms with Crippen LogP contribution in [-0.2, 0) is 5.41 Å². The zero-order valence-corrected chi connectivity index (χ0v) is 27.6. The van der Waals surface area contributed by atoms with Crippen molar-refractivity contribution >= 4 is 33.2 Å². The lowest BCUT2D eigenvalue weighted by Gasteiger charge is -2.37. The molecule has 0 bridgehead atoms. The lowest BCUT2D eigenvalue weighted by atomic mass is 9.75. The molecule has 0 unspecified atom stereocenters. The summed E-state index contributed by atoms with van der Waals surface area (Å²) < 4.78 is 2.43. The average molecular weight is 627 g/mol. The fourth-order valence-electron chi connectivity index (χ4n) is 8.23. The Bertz CT molecular complexity index is 2580. The standard InChI is InChI=1S/C47H34N2/c1-47(2)26-27-48(31-14-4-3-5-15-31)46-30-42-36-19-9-8-18-35(36)40-28-32(49-44-22-12-10-20-38(44)39-21-11-13-23-45(39)49)24-25-37(40)33-16-6-7-17-34(33)41(42)29-43(46)47/h3-30H,1-2H3. The van der Waals surface area contributed by atoms with Gasteiger partial charge in [0.15, 0.2) is 0 Å². The molecule has 2 nitrogen and oxygen atoms in total. The monoisotopic (exact) mass is 626 g/mol. The molecule has 0 fully saturated rings. The van der Waals surface area contributed by atoms with Gasteiger partial charge in [-0.15, -0.1) is 0 Å². The zero-order chi connectivity index (χ0) is 32.7. The van der Waals surface area contributed by atoms with Crippen molar-refractivity contribution in [1.29, 1.82) is 0 Å². The summed E-state index contributed by atoms with van der Waals surface area (Å²) in [6.45, 7) is 4.65. The Hall–Kier alpha value is -6.12. The first-order valence-electron chi connectivity index (χ1n) is 17.1. The van der Waals surface area contributed by atoms with Crippen molar-refractivity contribution < 1.29 is 0 Å². The van der Waals surface area contributed by atoms with Crippen LogP contribution in [0.4, 0.5) is 11.4 Å². The van der Waals surface area contributed by atoms with Gasteiger partial charge in [-0.3, -0.25) is 0 Å². The van der Waals surface area contributed by atoms with Crippen molar-refractivity contribution in [2.45, 2.75) is 19.3 Å². The number of nitrogens with zero attached hydrogens (tertiary/aromatic N) is 2. The molecule has 1 aliphatic carbocycles. The van der Waals surface area contributed by atoms with Crippen LogP contribution in [0.2, 0.25) is 0 Å². The van der Waals surface area contributed by atoms with E-state index in [1.807, 2.05) is 0 Å². The quantitative estimate of drug-likeness (QED) is 0.185. The van der Waals surface area contributed by atoms with E-state index in [1.54, 1.807) is 0 Å². The first-order valence-corrected chi connectivity index (χ1v) is 17.1. The molecule has 1 aliphatic heterocycles. The summed E-state index contributed by atoms with van der Waals surface area (Å²) in [5.74, 6) is 0. The van der Waals surface area contributed by atoms with E-state index in [0.29, 0.717) is 0 Å². The maximum atomic E-state index is 2.47. The molecule has 232 valence electrons. The van der Waals surface area contributed by atoms with E-state index in [-0.39, 0.29) is 5.41 Å². The maximum absolute atomic E-state index is 2.47. The summed E-state index contributed by atoms with van der Waals surface area (Å²) in [6.07, 6.45) is 4.59. The van der Waals surface area contributed by atoms with Crippen LogP contribution in [0.25, 0.3) is 72.0 Å². The molecule has 0 atom stereocenters. The molecular weight excluding hydrogens is 593 g/mol. The van der Waals surface area contributed by atoms with Crippen LogP contribution in [0.3, 0.4) is 0 Å². The Labute approximate surface area is 286 Å². The third kappa shape index (κ3) is 4.14. The van der Waals surface area contributed by atoms with E-state index < -0.39 is 0 Å². The van der Waals surface area contributed by atoms with Crippen LogP contribution in [-0.4, -0.2) is 4.57 Å². The average Bonchev–Trinajstić information content (AvgIpc) is 3.48. The van der Waals surface area contributed by atoms with E-state index in [1.165, 1.54) is 77.6 Å². The maximum Gasteiger partial charge on any atom is 0.0541 e. The summed E-state index contributed by atoms with van der Waals surface area (Å²) >= 11 is 0. The van der Waals surface area contributed by atoms with Crippen LogP contribution in [0.5, 0.6) is 0 Å². The van der Waals surface area contributed by atoms with E-state index in [4.69, 9.17) is 0 Å². The minimum Gasteiger partial charge on any atom is -0.317 e. The lowest BCUT2D eigenvalue weighted by molar-refractivity contribution is 0.659. The van der Waals surface area contributed by atoms with E-state index in [2.05, 4.69) is 193 Å². The van der Waals surface area contributed by atoms with Gasteiger partial charge in [-0.1, -0.05) is 129 Å². The number of anilines is 2. The van der Waals surface area contributed by atoms with Crippen molar-refractivity contribution in [3.63, 3.8) is 0 Å². The first-order chi connectivity index (χ1) is 24.1. The van der Waals surface area contributed by atoms with Crippen LogP contribution in [0, 0.1) is 0 Å². The van der Waals surface area contributed by atoms with Gasteiger partial charge < -0.3 is 9.47 Å². The van der Waals surface area contributed by atoms with Crippen LogP contribution in [0.1, 0.15) is 19.4 Å². The first kappa shape index (κ1) is 27.9. The van der Waals surface area contributed by atoms with Gasteiger partial charge in [0.25, 0.3) is 0 Å². The molecule has 10 rings (SSSR count). The Morgan fingerprint density at radius 2 is 0.898 bits per heavy atom. The number of rotatable bonds is 2. The van der Waals surface area contributed by atoms with E-state index in [9.17, 15) is 0 Å². The molecule has 0 amide bonds. The molecule has 1 aromatic heterocycles. The smallest absolute Gasteiger partial charge is 0.0541 e. The molecule has 2 aliphatic rings. The second-order valence-corrected chi connectivity index (χ2v) is 13.8. The van der Waals surface area contributed by atoms with Crippen molar-refractivity contribution in [2.75, 3.05) is 4.90 Å². The molecule has 2 heteroatoms. The fourth-order valence-corrected chi connectivity index (χ4v) is 8.23. The molecule has 49 heavy (non-hydrogen) atoms. The zero-order valence-electron chi connectivity index (χ0n) is 27.6. The van der Waals surface area contributed by atoms with E-state index >= 15 is 0 Å². The number of fused-ring (bicyclic) bond motifs is 12. The topological polar surface area (TPSA) is 8.17 Å². The summed E-state index contributed by atoms with van der Waals surface area (Å²) in [7, 11) is 0. The third-order valence-electron chi connectivity index (χ3n) is 10.6. The van der Waals surface area contributed by atoms with Gasteiger partial charge in [0.05, 0.1) is 16.7 Å². The van der Waals surface area contributed by atoms with Gasteiger partial charge in [-0.05, 0) is 98.6 Å². The van der Waals surface area contributed by atoms with Crippen LogP contribution >= 0.6 is 0 Å². The predicted octanol–water partition coefficient (Wildman–Crippen LogP) is 12.7. The minimum absolute atomic E-state index is 0.123. The normalized spacial score (nSPS) is 14.0. The number of para-hydroxylation sites is 3. The Kier molecular flexibility index (Phi) is 5.95. The highest BCUT2D eigenvalue weighted by atomic mass is 15.1. The van der Waals surface area contributed by atoms with Crippen molar-refractivity contribution in [3.05, 3.63) is 176 Å². The van der Waals surface area contributed by atoms with Gasteiger partial charge in [0.1, 0.15) is 0 Å². The third-order valence-corrected chi connectivity index (χ3v) is 10.6. The highest BCUT2D eigenvalue weighted by Gasteiger charge is 2.32. The lowest BCUT2D eigenvalue weighted by Crippen LogP contribution is -2.25. The molecular formula is C47H34N2. The molecule has 0 N–H and O–H groups in total. The molecule has 7 aromatic carbocycles. The van der Waals surface area contributed by atoms with Crippen molar-refractivity contribution in [1.82, 2.24) is 4.57 Å². The largest absolute Gasteiger partial charge is 0.317 e. The highest BCUT2D eigenvalue weighted by Crippen LogP contribution is 2.52. The fraction of sp³-hybridized carbons (Fsp3) is 0.0638. The van der Waals surface area contributed by atoms with Crippen molar-refractivity contribution in [3.8, 4) is 50.2 Å². The Morgan fingerprint density at radius 3 is 1.53 bits per heavy atom. The number of aromatic nitrogens is 1. The van der Waals surface area contributed by atoms with Crippen molar-refractivity contribution in [2.24, 2.45) is 0 Å². The highest BCUT2D eigenvalue weighted by molar-refractivity contribution is 6.10. The van der Waals surface area contributed by atoms with Gasteiger partial charge in [-0.25, -0.2) is 0 Å². The minimum atomic E-state index is -0.123. The molecule has 0 saturated carbocycles. The SMILES string of the molecule is CC1(C)C=CN(c2ccccc2)c2cc3c(cc21)-c1ccccc1-c1ccc(-n2c4ccccc4c4ccccc42)cc1-c1ccccc1-3. The van der Waals surface area contributed by atoms with Crippen LogP contribution < -0.4 is 4.90 Å². The second kappa shape index (κ2) is 10.4. The molecule has 0 spiro atoms. The number of allylic oxidation sites excluding steroid dienone is 1. The number of benzene rings is 7. The Balaban J connectivity index is 1.27.